The Bertz CT molecular complexity index is 1470. The van der Waals surface area contributed by atoms with Crippen LogP contribution in [0.25, 0.3) is 0 Å². The molecule has 1 aliphatic carbocycles. The predicted molar refractivity (Wildman–Crippen MR) is 161 cm³/mol. The summed E-state index contributed by atoms with van der Waals surface area (Å²) >= 11 is 6.30. The monoisotopic (exact) mass is 674 g/mol. The van der Waals surface area contributed by atoms with Crippen molar-refractivity contribution in [3.8, 4) is 0 Å². The lowest BCUT2D eigenvalue weighted by Gasteiger charge is -2.34. The van der Waals surface area contributed by atoms with Crippen molar-refractivity contribution < 1.29 is 35.9 Å². The van der Waals surface area contributed by atoms with Crippen LogP contribution in [-0.4, -0.2) is 45.4 Å². The van der Waals surface area contributed by atoms with E-state index in [4.69, 9.17) is 16.3 Å². The van der Waals surface area contributed by atoms with Crippen molar-refractivity contribution >= 4 is 29.3 Å². The molecule has 1 aliphatic rings. The molecule has 0 spiro atoms. The molecule has 0 aliphatic heterocycles. The molecule has 0 amide bonds. The third kappa shape index (κ3) is 9.26. The molecule has 8 nitrogen and oxygen atoms in total. The normalized spacial score (nSPS) is 17.2. The zero-order chi connectivity index (χ0) is 33.6. The number of rotatable bonds is 12. The molecule has 3 aromatic rings. The van der Waals surface area contributed by atoms with Gasteiger partial charge in [-0.1, -0.05) is 11.6 Å². The van der Waals surface area contributed by atoms with Gasteiger partial charge in [-0.15, -0.1) is 5.10 Å². The van der Waals surface area contributed by atoms with E-state index in [9.17, 15) is 31.1 Å². The number of hydrogen-bond donors (Lipinski definition) is 0. The fourth-order valence-corrected chi connectivity index (χ4v) is 5.94. The zero-order valence-electron chi connectivity index (χ0n) is 25.8. The highest BCUT2D eigenvalue weighted by atomic mass is 35.5. The summed E-state index contributed by atoms with van der Waals surface area (Å²) in [6.07, 6.45) is -3.38. The molecule has 0 atom stereocenters. The van der Waals surface area contributed by atoms with Gasteiger partial charge in [-0.05, 0) is 81.2 Å². The van der Waals surface area contributed by atoms with Gasteiger partial charge < -0.3 is 14.5 Å². The van der Waals surface area contributed by atoms with Crippen molar-refractivity contribution in [2.75, 3.05) is 29.5 Å². The van der Waals surface area contributed by atoms with Crippen LogP contribution in [-0.2, 0) is 42.0 Å². The van der Waals surface area contributed by atoms with Crippen molar-refractivity contribution in [1.29, 1.82) is 0 Å². The fraction of sp³-hybridized carbons (Fsp3) is 0.548. The van der Waals surface area contributed by atoms with Gasteiger partial charge in [0.1, 0.15) is 12.1 Å². The van der Waals surface area contributed by atoms with Crippen molar-refractivity contribution in [3.05, 3.63) is 64.1 Å². The molecular weight excluding hydrogens is 638 g/mol. The molecule has 2 heterocycles. The molecule has 2 aromatic heterocycles. The number of ether oxygens (including phenoxy) is 1. The molecule has 252 valence electrons. The first-order valence-electron chi connectivity index (χ1n) is 15.1. The van der Waals surface area contributed by atoms with E-state index in [0.717, 1.165) is 56.1 Å². The molecule has 46 heavy (non-hydrogen) atoms. The number of pyridine rings is 1. The maximum absolute atomic E-state index is 13.9. The van der Waals surface area contributed by atoms with Crippen LogP contribution >= 0.6 is 11.6 Å². The Labute approximate surface area is 268 Å². The number of carbonyl (C=O) groups excluding carboxylic acids is 1. The zero-order valence-corrected chi connectivity index (χ0v) is 26.6. The number of hydrogen-bond acceptors (Lipinski definition) is 7. The van der Waals surface area contributed by atoms with E-state index < -0.39 is 23.5 Å². The molecule has 0 saturated heterocycles. The third-order valence-electron chi connectivity index (χ3n) is 8.12. The summed E-state index contributed by atoms with van der Waals surface area (Å²) in [5, 5.41) is 4.34. The molecule has 4 rings (SSSR count). The number of carbonyl (C=O) groups is 1. The van der Waals surface area contributed by atoms with E-state index in [1.54, 1.807) is 14.0 Å². The minimum Gasteiger partial charge on any atom is -0.466 e. The molecule has 0 N–H and O–H groups in total. The van der Waals surface area contributed by atoms with E-state index in [1.165, 1.54) is 15.9 Å². The number of aryl methyl sites for hydroxylation is 1. The van der Waals surface area contributed by atoms with E-state index in [0.29, 0.717) is 31.9 Å². The SMILES string of the molecule is CCOC(=O)CC1CCC(CN(CC)c2ncc(C(F)(F)F)cc2CN(Cc2cc(C(F)(F)F)ccc2Cl)c2ncn(C)n2)CC1. The highest BCUT2D eigenvalue weighted by Crippen LogP contribution is 2.36. The Morgan fingerprint density at radius 2 is 1.57 bits per heavy atom. The van der Waals surface area contributed by atoms with Gasteiger partial charge in [-0.3, -0.25) is 9.48 Å². The molecule has 0 radical (unpaired) electrons. The van der Waals surface area contributed by atoms with Crippen LogP contribution in [0.4, 0.5) is 38.1 Å². The van der Waals surface area contributed by atoms with Gasteiger partial charge in [0.15, 0.2) is 0 Å². The predicted octanol–water partition coefficient (Wildman–Crippen LogP) is 7.69. The highest BCUT2D eigenvalue weighted by molar-refractivity contribution is 6.31. The molecule has 1 aromatic carbocycles. The van der Waals surface area contributed by atoms with E-state index in [-0.39, 0.29) is 53.0 Å². The highest BCUT2D eigenvalue weighted by Gasteiger charge is 2.34. The van der Waals surface area contributed by atoms with Gasteiger partial charge in [0.2, 0.25) is 5.95 Å². The molecular formula is C31H37ClF6N6O2. The summed E-state index contributed by atoms with van der Waals surface area (Å²) in [7, 11) is 1.60. The van der Waals surface area contributed by atoms with E-state index >= 15 is 0 Å². The first-order valence-corrected chi connectivity index (χ1v) is 15.5. The number of halogens is 7. The second kappa shape index (κ2) is 14.9. The number of nitrogens with zero attached hydrogens (tertiary/aromatic N) is 6. The second-order valence-corrected chi connectivity index (χ2v) is 11.9. The lowest BCUT2D eigenvalue weighted by atomic mass is 9.80. The number of anilines is 2. The quantitative estimate of drug-likeness (QED) is 0.144. The lowest BCUT2D eigenvalue weighted by Crippen LogP contribution is -2.34. The average molecular weight is 675 g/mol. The smallest absolute Gasteiger partial charge is 0.417 e. The number of alkyl halides is 6. The van der Waals surface area contributed by atoms with Crippen LogP contribution in [0.5, 0.6) is 0 Å². The second-order valence-electron chi connectivity index (χ2n) is 11.5. The lowest BCUT2D eigenvalue weighted by molar-refractivity contribution is -0.144. The first-order chi connectivity index (χ1) is 21.7. The molecule has 1 saturated carbocycles. The topological polar surface area (TPSA) is 76.4 Å². The Morgan fingerprint density at radius 1 is 0.935 bits per heavy atom. The largest absolute Gasteiger partial charge is 0.466 e. The van der Waals surface area contributed by atoms with E-state index in [2.05, 4.69) is 15.1 Å². The Morgan fingerprint density at radius 3 is 2.15 bits per heavy atom. The summed E-state index contributed by atoms with van der Waals surface area (Å²) < 4.78 is 88.7. The standard InChI is InChI=1S/C31H37ClF6N6O2/c1-4-43(16-21-8-6-20(7-9-21)12-27(45)46-5-2)28-23(14-25(15-39-28)31(36,37)38)18-44(29-40-19-42(3)41-29)17-22-13-24(30(33,34)35)10-11-26(22)32/h10-11,13-15,19-21H,4-9,12,16-18H2,1-3H3. The first kappa shape index (κ1) is 35.3. The van der Waals surface area contributed by atoms with Crippen LogP contribution < -0.4 is 9.80 Å². The van der Waals surface area contributed by atoms with Gasteiger partial charge in [-0.2, -0.15) is 26.3 Å². The minimum atomic E-state index is -4.67. The molecule has 15 heteroatoms. The molecule has 1 fully saturated rings. The number of benzene rings is 1. The summed E-state index contributed by atoms with van der Waals surface area (Å²) in [5.74, 6) is 0.681. The van der Waals surface area contributed by atoms with Gasteiger partial charge in [0, 0.05) is 56.4 Å². The van der Waals surface area contributed by atoms with Gasteiger partial charge in [-0.25, -0.2) is 9.97 Å². The Hall–Kier alpha value is -3.55. The van der Waals surface area contributed by atoms with Crippen molar-refractivity contribution in [2.45, 2.75) is 71.4 Å². The molecule has 0 unspecified atom stereocenters. The molecule has 0 bridgehead atoms. The number of aromatic nitrogens is 4. The van der Waals surface area contributed by atoms with Crippen molar-refractivity contribution in [2.24, 2.45) is 18.9 Å². The summed E-state index contributed by atoms with van der Waals surface area (Å²) in [6, 6.07) is 3.94. The van der Waals surface area contributed by atoms with Crippen LogP contribution in [0.2, 0.25) is 5.02 Å². The minimum absolute atomic E-state index is 0.0602. The van der Waals surface area contributed by atoms with Gasteiger partial charge in [0.25, 0.3) is 0 Å². The van der Waals surface area contributed by atoms with Crippen LogP contribution in [0.3, 0.4) is 0 Å². The van der Waals surface area contributed by atoms with Crippen LogP contribution in [0.15, 0.2) is 36.8 Å². The van der Waals surface area contributed by atoms with E-state index in [1.807, 2.05) is 11.8 Å². The summed E-state index contributed by atoms with van der Waals surface area (Å²) in [6.45, 7) is 4.58. The Kier molecular flexibility index (Phi) is 11.4. The van der Waals surface area contributed by atoms with Crippen molar-refractivity contribution in [1.82, 2.24) is 19.7 Å². The van der Waals surface area contributed by atoms with Crippen molar-refractivity contribution in [3.63, 3.8) is 0 Å². The maximum Gasteiger partial charge on any atom is 0.417 e. The maximum atomic E-state index is 13.9. The average Bonchev–Trinajstić information content (AvgIpc) is 3.42. The fourth-order valence-electron chi connectivity index (χ4n) is 5.76. The van der Waals surface area contributed by atoms with Crippen LogP contribution in [0, 0.1) is 11.8 Å². The third-order valence-corrected chi connectivity index (χ3v) is 8.49. The number of esters is 1. The summed E-state index contributed by atoms with van der Waals surface area (Å²) in [5.41, 5.74) is -1.54. The van der Waals surface area contributed by atoms with Crippen LogP contribution in [0.1, 0.15) is 68.2 Å². The van der Waals surface area contributed by atoms with Gasteiger partial charge in [0.05, 0.1) is 17.7 Å². The summed E-state index contributed by atoms with van der Waals surface area (Å²) in [4.78, 5) is 23.8. The van der Waals surface area contributed by atoms with Gasteiger partial charge >= 0.3 is 18.3 Å². The Balaban J connectivity index is 1.63.